The van der Waals surface area contributed by atoms with Gasteiger partial charge in [0, 0.05) is 41.2 Å². The fourth-order valence-corrected chi connectivity index (χ4v) is 4.81. The number of hydrazone groups is 1. The van der Waals surface area contributed by atoms with Crippen molar-refractivity contribution in [1.82, 2.24) is 10.2 Å². The van der Waals surface area contributed by atoms with Gasteiger partial charge < -0.3 is 26.5 Å². The van der Waals surface area contributed by atoms with Gasteiger partial charge in [-0.2, -0.15) is 10.0 Å². The minimum Gasteiger partial charge on any atom is -0.492 e. The van der Waals surface area contributed by atoms with Gasteiger partial charge in [-0.25, -0.2) is 0 Å². The molecule has 1 aromatic rings. The predicted molar refractivity (Wildman–Crippen MR) is 125 cm³/mol. The van der Waals surface area contributed by atoms with Gasteiger partial charge in [-0.05, 0) is 38.0 Å². The summed E-state index contributed by atoms with van der Waals surface area (Å²) >= 11 is 1.53. The normalized spacial score (nSPS) is 18.3. The fraction of sp³-hybridized carbons (Fsp3) is 0.429. The summed E-state index contributed by atoms with van der Waals surface area (Å²) < 4.78 is 5.97. The average Bonchev–Trinajstić information content (AvgIpc) is 3.11. The number of nitroso groups, excluding NO2 is 1. The molecule has 2 aliphatic heterocycles. The van der Waals surface area contributed by atoms with E-state index in [1.165, 1.54) is 24.2 Å². The van der Waals surface area contributed by atoms with Gasteiger partial charge in [0.25, 0.3) is 5.91 Å². The van der Waals surface area contributed by atoms with Crippen molar-refractivity contribution in [3.05, 3.63) is 45.3 Å². The van der Waals surface area contributed by atoms with Crippen LogP contribution in [-0.4, -0.2) is 48.1 Å². The maximum Gasteiger partial charge on any atom is 0.256 e. The van der Waals surface area contributed by atoms with Crippen molar-refractivity contribution in [3.8, 4) is 5.75 Å². The molecule has 0 aliphatic carbocycles. The summed E-state index contributed by atoms with van der Waals surface area (Å²) in [5, 5.41) is 9.44. The summed E-state index contributed by atoms with van der Waals surface area (Å²) in [6, 6.07) is 5.81. The predicted octanol–water partition coefficient (Wildman–Crippen LogP) is 2.44. The van der Waals surface area contributed by atoms with Gasteiger partial charge in [-0.3, -0.25) is 4.79 Å². The highest BCUT2D eigenvalue weighted by molar-refractivity contribution is 8.04. The first-order chi connectivity index (χ1) is 15.0. The van der Waals surface area contributed by atoms with Crippen LogP contribution in [0.2, 0.25) is 0 Å². The Bertz CT molecular complexity index is 928. The first kappa shape index (κ1) is 22.7. The number of nitrogens with two attached hydrogens (primary N) is 2. The third-order valence-electron chi connectivity index (χ3n) is 5.16. The third-order valence-corrected chi connectivity index (χ3v) is 6.41. The van der Waals surface area contributed by atoms with E-state index in [4.69, 9.17) is 16.3 Å². The molecule has 0 spiro atoms. The van der Waals surface area contributed by atoms with Crippen molar-refractivity contribution in [1.29, 1.82) is 0 Å². The SMILES string of the molecule is CC(C)N(CCCN=O)C(=O)C1NC2=C(CCOc3cc(C(C=NN)=CN)ccc32)S1. The number of hydrogen-bond acceptors (Lipinski definition) is 9. The van der Waals surface area contributed by atoms with E-state index in [1.54, 1.807) is 4.90 Å². The molecule has 0 saturated carbocycles. The number of hydrogen-bond donors (Lipinski definition) is 3. The smallest absolute Gasteiger partial charge is 0.256 e. The standard InChI is InChI=1S/C21H28N6O3S/c1-13(2)27(8-3-7-25-29)21(28)20-26-19-16-5-4-14(15(11-22)12-24-23)10-17(16)30-9-6-18(19)31-20/h4-5,10-13,20,26H,3,6-9,22-23H2,1-2H3. The second kappa shape index (κ2) is 10.3. The molecule has 1 unspecified atom stereocenters. The molecule has 9 nitrogen and oxygen atoms in total. The largest absolute Gasteiger partial charge is 0.492 e. The van der Waals surface area contributed by atoms with Crippen LogP contribution in [0.4, 0.5) is 0 Å². The molecule has 0 fully saturated rings. The molecule has 2 aliphatic rings. The summed E-state index contributed by atoms with van der Waals surface area (Å²) in [6.45, 7) is 5.17. The minimum absolute atomic E-state index is 0.00516. The zero-order valence-corrected chi connectivity index (χ0v) is 18.5. The highest BCUT2D eigenvalue weighted by atomic mass is 32.2. The van der Waals surface area contributed by atoms with Gasteiger partial charge in [-0.1, -0.05) is 23.0 Å². The van der Waals surface area contributed by atoms with E-state index in [0.717, 1.165) is 21.7 Å². The van der Waals surface area contributed by atoms with Gasteiger partial charge in [0.1, 0.15) is 5.75 Å². The zero-order chi connectivity index (χ0) is 22.4. The lowest BCUT2D eigenvalue weighted by molar-refractivity contribution is -0.132. The number of carbonyl (C=O) groups is 1. The van der Waals surface area contributed by atoms with Crippen molar-refractivity contribution in [3.63, 3.8) is 0 Å². The molecule has 0 bridgehead atoms. The van der Waals surface area contributed by atoms with Crippen LogP contribution in [0.3, 0.4) is 0 Å². The van der Waals surface area contributed by atoms with Crippen LogP contribution in [0.25, 0.3) is 11.3 Å². The Hall–Kier alpha value is -3.01. The Labute approximate surface area is 185 Å². The highest BCUT2D eigenvalue weighted by Crippen LogP contribution is 2.43. The Morgan fingerprint density at radius 2 is 2.26 bits per heavy atom. The Kier molecular flexibility index (Phi) is 7.56. The van der Waals surface area contributed by atoms with Gasteiger partial charge in [0.05, 0.1) is 25.1 Å². The van der Waals surface area contributed by atoms with Gasteiger partial charge in [0.2, 0.25) is 0 Å². The molecule has 1 aromatic carbocycles. The molecular weight excluding hydrogens is 416 g/mol. The number of nitrogens with one attached hydrogen (secondary N) is 1. The lowest BCUT2D eigenvalue weighted by Crippen LogP contribution is -2.46. The van der Waals surface area contributed by atoms with Gasteiger partial charge >= 0.3 is 0 Å². The number of benzene rings is 1. The first-order valence-corrected chi connectivity index (χ1v) is 11.1. The Morgan fingerprint density at radius 1 is 1.45 bits per heavy atom. The van der Waals surface area contributed by atoms with Crippen LogP contribution >= 0.6 is 11.8 Å². The number of ether oxygens (including phenoxy) is 1. The number of nitrogens with zero attached hydrogens (tertiary/aromatic N) is 3. The quantitative estimate of drug-likeness (QED) is 0.184. The highest BCUT2D eigenvalue weighted by Gasteiger charge is 2.35. The molecule has 10 heteroatoms. The fourth-order valence-electron chi connectivity index (χ4n) is 3.62. The van der Waals surface area contributed by atoms with Crippen LogP contribution in [0.15, 0.2) is 39.6 Å². The first-order valence-electron chi connectivity index (χ1n) is 10.2. The Morgan fingerprint density at radius 3 is 2.94 bits per heavy atom. The molecule has 1 amide bonds. The molecule has 3 rings (SSSR count). The molecule has 0 radical (unpaired) electrons. The molecule has 31 heavy (non-hydrogen) atoms. The van der Waals surface area contributed by atoms with E-state index >= 15 is 0 Å². The number of fused-ring (bicyclic) bond motifs is 2. The molecule has 1 atom stereocenters. The molecule has 0 aromatic heterocycles. The van der Waals surface area contributed by atoms with E-state index in [0.29, 0.717) is 37.3 Å². The molecular formula is C21H28N6O3S. The average molecular weight is 445 g/mol. The lowest BCUT2D eigenvalue weighted by Gasteiger charge is -2.29. The van der Waals surface area contributed by atoms with Crippen LogP contribution in [0.1, 0.15) is 37.8 Å². The van der Waals surface area contributed by atoms with Crippen LogP contribution < -0.4 is 21.6 Å². The number of carbonyl (C=O) groups excluding carboxylic acids is 1. The number of thioether (sulfide) groups is 1. The summed E-state index contributed by atoms with van der Waals surface area (Å²) in [4.78, 5) is 26.5. The van der Waals surface area contributed by atoms with Crippen molar-refractivity contribution in [2.24, 2.45) is 21.9 Å². The van der Waals surface area contributed by atoms with Crippen molar-refractivity contribution in [2.75, 3.05) is 19.7 Å². The third kappa shape index (κ3) is 5.01. The second-order valence-electron chi connectivity index (χ2n) is 7.48. The molecule has 5 N–H and O–H groups in total. The van der Waals surface area contributed by atoms with E-state index in [1.807, 2.05) is 32.0 Å². The van der Waals surface area contributed by atoms with E-state index in [-0.39, 0.29) is 18.5 Å². The maximum absolute atomic E-state index is 13.2. The minimum atomic E-state index is -0.411. The zero-order valence-electron chi connectivity index (χ0n) is 17.7. The second-order valence-corrected chi connectivity index (χ2v) is 8.68. The topological polar surface area (TPSA) is 135 Å². The summed E-state index contributed by atoms with van der Waals surface area (Å²) in [6.07, 6.45) is 4.20. The molecule has 166 valence electrons. The van der Waals surface area contributed by atoms with Crippen molar-refractivity contribution in [2.45, 2.75) is 38.1 Å². The summed E-state index contributed by atoms with van der Waals surface area (Å²) in [5.74, 6) is 5.99. The van der Waals surface area contributed by atoms with Crippen LogP contribution in [-0.2, 0) is 4.79 Å². The van der Waals surface area contributed by atoms with Crippen molar-refractivity contribution < 1.29 is 9.53 Å². The van der Waals surface area contributed by atoms with Crippen LogP contribution in [0, 0.1) is 4.91 Å². The monoisotopic (exact) mass is 444 g/mol. The summed E-state index contributed by atoms with van der Waals surface area (Å²) in [7, 11) is 0. The lowest BCUT2D eigenvalue weighted by atomic mass is 10.0. The van der Waals surface area contributed by atoms with E-state index < -0.39 is 5.37 Å². The summed E-state index contributed by atoms with van der Waals surface area (Å²) in [5.41, 5.74) is 9.04. The number of allylic oxidation sites excluding steroid dienone is 1. The molecule has 2 heterocycles. The van der Waals surface area contributed by atoms with E-state index in [9.17, 15) is 9.70 Å². The number of rotatable bonds is 8. The van der Waals surface area contributed by atoms with Crippen molar-refractivity contribution >= 4 is 35.2 Å². The molecule has 0 saturated heterocycles. The van der Waals surface area contributed by atoms with Gasteiger partial charge in [0.15, 0.2) is 5.37 Å². The Balaban J connectivity index is 1.82. The van der Waals surface area contributed by atoms with Crippen LogP contribution in [0.5, 0.6) is 5.75 Å². The van der Waals surface area contributed by atoms with E-state index in [2.05, 4.69) is 15.6 Å². The van der Waals surface area contributed by atoms with Gasteiger partial charge in [-0.15, -0.1) is 0 Å². The maximum atomic E-state index is 13.2. The number of amides is 1.